The van der Waals surface area contributed by atoms with E-state index in [0.717, 1.165) is 24.8 Å². The van der Waals surface area contributed by atoms with Crippen LogP contribution < -0.4 is 11.1 Å². The summed E-state index contributed by atoms with van der Waals surface area (Å²) in [7, 11) is 0. The summed E-state index contributed by atoms with van der Waals surface area (Å²) in [6.45, 7) is 1.86. The molecule has 3 atom stereocenters. The lowest BCUT2D eigenvalue weighted by atomic mass is 9.99. The zero-order chi connectivity index (χ0) is 14.7. The smallest absolute Gasteiger partial charge is 0.220 e. The highest BCUT2D eigenvalue weighted by Gasteiger charge is 2.26. The summed E-state index contributed by atoms with van der Waals surface area (Å²) in [5, 5.41) is 2.99. The number of hydrogen-bond acceptors (Lipinski definition) is 2. The number of benzene rings is 1. The molecule has 0 aliphatic heterocycles. The summed E-state index contributed by atoms with van der Waals surface area (Å²) in [6.07, 6.45) is 3.58. The van der Waals surface area contributed by atoms with E-state index in [1.165, 1.54) is 6.07 Å². The molecule has 3 nitrogen and oxygen atoms in total. The standard InChI is InChI=1S/C15H20ClFN2O.ClH/c1-9(10-5-6-13(17)12(16)7-10)19-15(20)8-11-3-2-4-14(11)18;/h5-7,9,11,14H,2-4,8,18H2,1H3,(H,19,20);1H/t9?,11-,14+;/m0./s1. The van der Waals surface area contributed by atoms with Gasteiger partial charge in [-0.05, 0) is 43.4 Å². The summed E-state index contributed by atoms with van der Waals surface area (Å²) in [5.41, 5.74) is 6.76. The van der Waals surface area contributed by atoms with Crippen molar-refractivity contribution in [3.63, 3.8) is 0 Å². The van der Waals surface area contributed by atoms with Crippen LogP contribution in [-0.4, -0.2) is 11.9 Å². The largest absolute Gasteiger partial charge is 0.350 e. The van der Waals surface area contributed by atoms with Crippen LogP contribution in [0.25, 0.3) is 0 Å². The predicted molar refractivity (Wildman–Crippen MR) is 85.1 cm³/mol. The lowest BCUT2D eigenvalue weighted by Crippen LogP contribution is -2.32. The van der Waals surface area contributed by atoms with E-state index in [4.69, 9.17) is 17.3 Å². The molecule has 1 saturated carbocycles. The van der Waals surface area contributed by atoms with Gasteiger partial charge in [-0.15, -0.1) is 12.4 Å². The summed E-state index contributed by atoms with van der Waals surface area (Å²) in [6, 6.07) is 4.43. The van der Waals surface area contributed by atoms with E-state index in [0.29, 0.717) is 6.42 Å². The average molecular weight is 335 g/mol. The van der Waals surface area contributed by atoms with E-state index in [-0.39, 0.29) is 41.3 Å². The van der Waals surface area contributed by atoms with Crippen molar-refractivity contribution in [1.82, 2.24) is 5.32 Å². The molecule has 118 valence electrons. The van der Waals surface area contributed by atoms with Gasteiger partial charge in [-0.3, -0.25) is 4.79 Å². The fraction of sp³-hybridized carbons (Fsp3) is 0.533. The highest BCUT2D eigenvalue weighted by atomic mass is 35.5. The number of carbonyl (C=O) groups excluding carboxylic acids is 1. The monoisotopic (exact) mass is 334 g/mol. The second-order valence-corrected chi connectivity index (χ2v) is 5.93. The van der Waals surface area contributed by atoms with Gasteiger partial charge < -0.3 is 11.1 Å². The maximum Gasteiger partial charge on any atom is 0.220 e. The molecule has 1 fully saturated rings. The van der Waals surface area contributed by atoms with Crippen LogP contribution in [0.2, 0.25) is 5.02 Å². The lowest BCUT2D eigenvalue weighted by molar-refractivity contribution is -0.122. The number of carbonyl (C=O) groups is 1. The molecular formula is C15H21Cl2FN2O. The molecule has 1 aliphatic rings. The van der Waals surface area contributed by atoms with Gasteiger partial charge >= 0.3 is 0 Å². The first-order valence-corrected chi connectivity index (χ1v) is 7.35. The third-order valence-electron chi connectivity index (χ3n) is 3.99. The van der Waals surface area contributed by atoms with Crippen molar-refractivity contribution >= 4 is 29.9 Å². The molecule has 1 aliphatic carbocycles. The van der Waals surface area contributed by atoms with E-state index >= 15 is 0 Å². The van der Waals surface area contributed by atoms with Crippen molar-refractivity contribution in [3.8, 4) is 0 Å². The molecule has 6 heteroatoms. The lowest BCUT2D eigenvalue weighted by Gasteiger charge is -2.18. The molecule has 0 saturated heterocycles. The molecule has 1 aromatic rings. The van der Waals surface area contributed by atoms with Gasteiger partial charge in [-0.25, -0.2) is 4.39 Å². The minimum absolute atomic E-state index is 0. The average Bonchev–Trinajstić information content (AvgIpc) is 2.78. The second-order valence-electron chi connectivity index (χ2n) is 5.52. The first-order valence-electron chi connectivity index (χ1n) is 6.97. The number of rotatable bonds is 4. The number of halogens is 3. The quantitative estimate of drug-likeness (QED) is 0.883. The Bertz CT molecular complexity index is 499. The Morgan fingerprint density at radius 1 is 1.52 bits per heavy atom. The topological polar surface area (TPSA) is 55.1 Å². The fourth-order valence-electron chi connectivity index (χ4n) is 2.72. The molecule has 3 N–H and O–H groups in total. The van der Waals surface area contributed by atoms with Gasteiger partial charge in [0.15, 0.2) is 0 Å². The zero-order valence-corrected chi connectivity index (χ0v) is 13.5. The minimum Gasteiger partial charge on any atom is -0.350 e. The highest BCUT2D eigenvalue weighted by Crippen LogP contribution is 2.27. The Labute approximate surface area is 135 Å². The molecule has 0 aromatic heterocycles. The van der Waals surface area contributed by atoms with E-state index in [1.54, 1.807) is 12.1 Å². The van der Waals surface area contributed by atoms with Crippen molar-refractivity contribution in [3.05, 3.63) is 34.6 Å². The highest BCUT2D eigenvalue weighted by molar-refractivity contribution is 6.30. The van der Waals surface area contributed by atoms with Crippen molar-refractivity contribution in [2.75, 3.05) is 0 Å². The van der Waals surface area contributed by atoms with Crippen LogP contribution in [0.1, 0.15) is 44.2 Å². The summed E-state index contributed by atoms with van der Waals surface area (Å²) < 4.78 is 13.1. The number of hydrogen-bond donors (Lipinski definition) is 2. The Kier molecular flexibility index (Phi) is 6.91. The zero-order valence-electron chi connectivity index (χ0n) is 11.9. The fourth-order valence-corrected chi connectivity index (χ4v) is 2.91. The summed E-state index contributed by atoms with van der Waals surface area (Å²) in [5.74, 6) is -0.190. The number of nitrogens with one attached hydrogen (secondary N) is 1. The molecule has 2 rings (SSSR count). The molecule has 0 bridgehead atoms. The molecule has 1 amide bonds. The first-order chi connectivity index (χ1) is 9.47. The molecule has 1 aromatic carbocycles. The Hall–Kier alpha value is -0.840. The molecule has 1 unspecified atom stereocenters. The van der Waals surface area contributed by atoms with Crippen LogP contribution in [0.15, 0.2) is 18.2 Å². The predicted octanol–water partition coefficient (Wildman–Crippen LogP) is 3.60. The van der Waals surface area contributed by atoms with Crippen LogP contribution in [0.4, 0.5) is 4.39 Å². The summed E-state index contributed by atoms with van der Waals surface area (Å²) >= 11 is 5.75. The van der Waals surface area contributed by atoms with E-state index in [1.807, 2.05) is 6.92 Å². The maximum atomic E-state index is 13.1. The van der Waals surface area contributed by atoms with Crippen LogP contribution >= 0.6 is 24.0 Å². The SMILES string of the molecule is CC(NC(=O)C[C@@H]1CCC[C@H]1N)c1ccc(F)c(Cl)c1.Cl. The number of amides is 1. The third kappa shape index (κ3) is 4.83. The van der Waals surface area contributed by atoms with Gasteiger partial charge in [0.1, 0.15) is 5.82 Å². The van der Waals surface area contributed by atoms with E-state index < -0.39 is 5.82 Å². The maximum absolute atomic E-state index is 13.1. The Morgan fingerprint density at radius 2 is 2.24 bits per heavy atom. The third-order valence-corrected chi connectivity index (χ3v) is 4.28. The van der Waals surface area contributed by atoms with Crippen LogP contribution in [0.3, 0.4) is 0 Å². The van der Waals surface area contributed by atoms with Crippen molar-refractivity contribution in [2.45, 2.75) is 44.7 Å². The van der Waals surface area contributed by atoms with Gasteiger partial charge in [-0.2, -0.15) is 0 Å². The van der Waals surface area contributed by atoms with Gasteiger partial charge in [0.2, 0.25) is 5.91 Å². The van der Waals surface area contributed by atoms with Crippen LogP contribution in [0, 0.1) is 11.7 Å². The molecule has 21 heavy (non-hydrogen) atoms. The second kappa shape index (κ2) is 7.97. The normalized spacial score (nSPS) is 22.5. The summed E-state index contributed by atoms with van der Waals surface area (Å²) in [4.78, 5) is 12.0. The Balaban J connectivity index is 0.00000220. The van der Waals surface area contributed by atoms with Crippen molar-refractivity contribution in [2.24, 2.45) is 11.7 Å². The molecule has 0 heterocycles. The Morgan fingerprint density at radius 3 is 2.81 bits per heavy atom. The molecule has 0 spiro atoms. The van der Waals surface area contributed by atoms with Crippen molar-refractivity contribution < 1.29 is 9.18 Å². The molecule has 0 radical (unpaired) electrons. The van der Waals surface area contributed by atoms with Gasteiger partial charge in [-0.1, -0.05) is 24.1 Å². The van der Waals surface area contributed by atoms with Gasteiger partial charge in [0.05, 0.1) is 11.1 Å². The van der Waals surface area contributed by atoms with Gasteiger partial charge in [0.25, 0.3) is 0 Å². The van der Waals surface area contributed by atoms with E-state index in [9.17, 15) is 9.18 Å². The van der Waals surface area contributed by atoms with Crippen LogP contribution in [0.5, 0.6) is 0 Å². The van der Waals surface area contributed by atoms with Crippen molar-refractivity contribution in [1.29, 1.82) is 0 Å². The minimum atomic E-state index is -0.453. The number of nitrogens with two attached hydrogens (primary N) is 1. The van der Waals surface area contributed by atoms with Crippen LogP contribution in [-0.2, 0) is 4.79 Å². The van der Waals surface area contributed by atoms with Gasteiger partial charge in [0, 0.05) is 12.5 Å². The van der Waals surface area contributed by atoms with E-state index in [2.05, 4.69) is 5.32 Å². The molecular weight excluding hydrogens is 314 g/mol. The first kappa shape index (κ1) is 18.2.